The number of hydrogen-bond acceptors (Lipinski definition) is 4. The number of rotatable bonds is 6. The molecule has 1 aliphatic heterocycles. The van der Waals surface area contributed by atoms with Gasteiger partial charge in [0.2, 0.25) is 10.0 Å². The SMILES string of the molecule is CN1CCN(C(CNS(=O)(=O)C2CCCC2)c2ccccc2Cl)CC1. The highest BCUT2D eigenvalue weighted by molar-refractivity contribution is 7.90. The molecule has 0 radical (unpaired) electrons. The monoisotopic (exact) mass is 385 g/mol. The molecular formula is C18H28ClN3O2S. The summed E-state index contributed by atoms with van der Waals surface area (Å²) in [4.78, 5) is 4.64. The van der Waals surface area contributed by atoms with Crippen molar-refractivity contribution in [1.82, 2.24) is 14.5 Å². The molecule has 7 heteroatoms. The number of likely N-dealkylation sites (N-methyl/N-ethyl adjacent to an activating group) is 1. The maximum Gasteiger partial charge on any atom is 0.214 e. The molecule has 1 heterocycles. The van der Waals surface area contributed by atoms with Gasteiger partial charge in [-0.25, -0.2) is 13.1 Å². The van der Waals surface area contributed by atoms with Crippen LogP contribution in [0.15, 0.2) is 24.3 Å². The number of nitrogens with one attached hydrogen (secondary N) is 1. The lowest BCUT2D eigenvalue weighted by Crippen LogP contribution is -2.49. The first-order chi connectivity index (χ1) is 12.0. The Morgan fingerprint density at radius 1 is 1.16 bits per heavy atom. The van der Waals surface area contributed by atoms with Crippen LogP contribution in [0.25, 0.3) is 0 Å². The van der Waals surface area contributed by atoms with Crippen LogP contribution in [-0.4, -0.2) is 63.2 Å². The highest BCUT2D eigenvalue weighted by Crippen LogP contribution is 2.29. The molecule has 1 unspecified atom stereocenters. The number of sulfonamides is 1. The molecule has 0 aromatic heterocycles. The average molecular weight is 386 g/mol. The quantitative estimate of drug-likeness (QED) is 0.817. The summed E-state index contributed by atoms with van der Waals surface area (Å²) in [6, 6.07) is 7.74. The van der Waals surface area contributed by atoms with Gasteiger partial charge in [-0.2, -0.15) is 0 Å². The predicted octanol–water partition coefficient (Wildman–Crippen LogP) is 2.49. The smallest absolute Gasteiger partial charge is 0.214 e. The first-order valence-electron chi connectivity index (χ1n) is 9.13. The van der Waals surface area contributed by atoms with Crippen LogP contribution < -0.4 is 4.72 Å². The van der Waals surface area contributed by atoms with E-state index in [0.717, 1.165) is 57.4 Å². The van der Waals surface area contributed by atoms with Crippen LogP contribution in [0.1, 0.15) is 37.3 Å². The van der Waals surface area contributed by atoms with Gasteiger partial charge in [0.05, 0.1) is 5.25 Å². The van der Waals surface area contributed by atoms with E-state index in [2.05, 4.69) is 21.6 Å². The first-order valence-corrected chi connectivity index (χ1v) is 11.1. The second-order valence-corrected chi connectivity index (χ2v) is 9.63. The summed E-state index contributed by atoms with van der Waals surface area (Å²) in [5, 5.41) is 0.471. The Bertz CT molecular complexity index is 669. The standard InChI is InChI=1S/C18H28ClN3O2S/c1-21-10-12-22(13-11-21)18(16-8-4-5-9-17(16)19)14-20-25(23,24)15-6-2-3-7-15/h4-5,8-9,15,18,20H,2-3,6-7,10-14H2,1H3. The number of benzene rings is 1. The summed E-state index contributed by atoms with van der Waals surface area (Å²) in [7, 11) is -1.14. The van der Waals surface area contributed by atoms with Crippen LogP contribution in [0.4, 0.5) is 0 Å². The third-order valence-corrected chi connectivity index (χ3v) is 7.72. The van der Waals surface area contributed by atoms with Gasteiger partial charge in [0.25, 0.3) is 0 Å². The van der Waals surface area contributed by atoms with Crippen molar-refractivity contribution in [3.63, 3.8) is 0 Å². The molecule has 140 valence electrons. The summed E-state index contributed by atoms with van der Waals surface area (Å²) in [6.07, 6.45) is 3.58. The van der Waals surface area contributed by atoms with Crippen LogP contribution in [0, 0.1) is 0 Å². The number of hydrogen-bond donors (Lipinski definition) is 1. The van der Waals surface area contributed by atoms with Crippen LogP contribution >= 0.6 is 11.6 Å². The van der Waals surface area contributed by atoms with E-state index in [0.29, 0.717) is 11.6 Å². The maximum atomic E-state index is 12.6. The van der Waals surface area contributed by atoms with Crippen molar-refractivity contribution in [2.45, 2.75) is 37.0 Å². The summed E-state index contributed by atoms with van der Waals surface area (Å²) in [5.74, 6) is 0. The van der Waals surface area contributed by atoms with Crippen molar-refractivity contribution in [2.24, 2.45) is 0 Å². The summed E-state index contributed by atoms with van der Waals surface area (Å²) >= 11 is 6.43. The van der Waals surface area contributed by atoms with Gasteiger partial charge in [-0.15, -0.1) is 0 Å². The van der Waals surface area contributed by atoms with Gasteiger partial charge < -0.3 is 4.90 Å². The topological polar surface area (TPSA) is 52.6 Å². The summed E-state index contributed by atoms with van der Waals surface area (Å²) in [6.45, 7) is 4.17. The normalized spacial score (nSPS) is 22.3. The van der Waals surface area contributed by atoms with E-state index in [1.807, 2.05) is 24.3 Å². The molecule has 1 aromatic carbocycles. The minimum Gasteiger partial charge on any atom is -0.304 e. The second-order valence-electron chi connectivity index (χ2n) is 7.18. The third-order valence-electron chi connectivity index (χ3n) is 5.46. The molecule has 1 saturated carbocycles. The molecular weight excluding hydrogens is 358 g/mol. The second kappa shape index (κ2) is 8.35. The molecule has 2 fully saturated rings. The van der Waals surface area contributed by atoms with Crippen molar-refractivity contribution in [3.05, 3.63) is 34.9 Å². The molecule has 1 N–H and O–H groups in total. The van der Waals surface area contributed by atoms with Crippen LogP contribution in [0.2, 0.25) is 5.02 Å². The van der Waals surface area contributed by atoms with E-state index < -0.39 is 10.0 Å². The highest BCUT2D eigenvalue weighted by atomic mass is 35.5. The maximum absolute atomic E-state index is 12.6. The molecule has 25 heavy (non-hydrogen) atoms. The van der Waals surface area contributed by atoms with Gasteiger partial charge in [-0.1, -0.05) is 42.6 Å². The minimum absolute atomic E-state index is 0.0291. The van der Waals surface area contributed by atoms with Crippen molar-refractivity contribution < 1.29 is 8.42 Å². The number of piperazine rings is 1. The van der Waals surface area contributed by atoms with Gasteiger partial charge in [0, 0.05) is 43.8 Å². The highest BCUT2D eigenvalue weighted by Gasteiger charge is 2.31. The van der Waals surface area contributed by atoms with Crippen LogP contribution in [-0.2, 0) is 10.0 Å². The van der Waals surface area contributed by atoms with Gasteiger partial charge in [-0.3, -0.25) is 4.90 Å². The van der Waals surface area contributed by atoms with Gasteiger partial charge >= 0.3 is 0 Å². The van der Waals surface area contributed by atoms with Crippen molar-refractivity contribution in [3.8, 4) is 0 Å². The van der Waals surface area contributed by atoms with Crippen molar-refractivity contribution in [2.75, 3.05) is 39.8 Å². The van der Waals surface area contributed by atoms with Gasteiger partial charge in [0.1, 0.15) is 0 Å². The van der Waals surface area contributed by atoms with Gasteiger partial charge in [0.15, 0.2) is 0 Å². The van der Waals surface area contributed by atoms with E-state index in [1.165, 1.54) is 0 Å². The third kappa shape index (κ3) is 4.74. The minimum atomic E-state index is -3.26. The summed E-state index contributed by atoms with van der Waals surface area (Å²) < 4.78 is 28.1. The van der Waals surface area contributed by atoms with E-state index in [1.54, 1.807) is 0 Å². The Morgan fingerprint density at radius 3 is 2.44 bits per heavy atom. The molecule has 5 nitrogen and oxygen atoms in total. The first kappa shape index (κ1) is 19.1. The molecule has 0 amide bonds. The zero-order valence-corrected chi connectivity index (χ0v) is 16.4. The Kier molecular flexibility index (Phi) is 6.39. The lowest BCUT2D eigenvalue weighted by atomic mass is 10.0. The lowest BCUT2D eigenvalue weighted by Gasteiger charge is -2.38. The lowest BCUT2D eigenvalue weighted by molar-refractivity contribution is 0.113. The van der Waals surface area contributed by atoms with E-state index in [4.69, 9.17) is 11.6 Å². The zero-order chi connectivity index (χ0) is 17.9. The number of nitrogens with zero attached hydrogens (tertiary/aromatic N) is 2. The molecule has 0 spiro atoms. The van der Waals surface area contributed by atoms with E-state index >= 15 is 0 Å². The van der Waals surface area contributed by atoms with E-state index in [-0.39, 0.29) is 11.3 Å². The zero-order valence-electron chi connectivity index (χ0n) is 14.8. The van der Waals surface area contributed by atoms with Crippen LogP contribution in [0.3, 0.4) is 0 Å². The largest absolute Gasteiger partial charge is 0.304 e. The van der Waals surface area contributed by atoms with Crippen molar-refractivity contribution in [1.29, 1.82) is 0 Å². The molecule has 2 aliphatic rings. The fourth-order valence-corrected chi connectivity index (χ4v) is 5.67. The molecule has 1 aromatic rings. The summed E-state index contributed by atoms with van der Waals surface area (Å²) in [5.41, 5.74) is 1.00. The molecule has 1 saturated heterocycles. The molecule has 3 rings (SSSR count). The molecule has 1 atom stereocenters. The van der Waals surface area contributed by atoms with Gasteiger partial charge in [-0.05, 0) is 31.5 Å². The Hall–Kier alpha value is -0.660. The van der Waals surface area contributed by atoms with E-state index in [9.17, 15) is 8.42 Å². The fourth-order valence-electron chi connectivity index (χ4n) is 3.83. The Morgan fingerprint density at radius 2 is 1.80 bits per heavy atom. The predicted molar refractivity (Wildman–Crippen MR) is 102 cm³/mol. The average Bonchev–Trinajstić information content (AvgIpc) is 3.13. The van der Waals surface area contributed by atoms with Crippen LogP contribution in [0.5, 0.6) is 0 Å². The number of halogens is 1. The van der Waals surface area contributed by atoms with Crippen molar-refractivity contribution >= 4 is 21.6 Å². The Labute approximate surface area is 156 Å². The fraction of sp³-hybridized carbons (Fsp3) is 0.667. The Balaban J connectivity index is 1.75. The molecule has 0 bridgehead atoms. The molecule has 1 aliphatic carbocycles.